The van der Waals surface area contributed by atoms with Crippen molar-refractivity contribution in [3.05, 3.63) is 77.5 Å². The average Bonchev–Trinajstić information content (AvgIpc) is 3.31. The molecule has 0 aliphatic carbocycles. The Labute approximate surface area is 213 Å². The predicted molar refractivity (Wildman–Crippen MR) is 137 cm³/mol. The molecule has 0 saturated carbocycles. The smallest absolute Gasteiger partial charge is 0.322 e. The molecule has 1 aliphatic rings. The number of ether oxygens (including phenoxy) is 1. The van der Waals surface area contributed by atoms with E-state index in [0.717, 1.165) is 56.5 Å². The van der Waals surface area contributed by atoms with E-state index in [0.29, 0.717) is 11.3 Å². The number of aromatic nitrogens is 3. The first kappa shape index (κ1) is 24.2. The minimum absolute atomic E-state index is 0.0227. The van der Waals surface area contributed by atoms with Crippen LogP contribution in [-0.4, -0.2) is 58.5 Å². The van der Waals surface area contributed by atoms with E-state index in [1.165, 1.54) is 23.9 Å². The molecule has 0 radical (unpaired) electrons. The Morgan fingerprint density at radius 2 is 2.00 bits per heavy atom. The first-order valence-corrected chi connectivity index (χ1v) is 12.1. The molecule has 1 saturated heterocycles. The third-order valence-corrected chi connectivity index (χ3v) is 6.54. The Bertz CT molecular complexity index is 1470. The zero-order valence-electron chi connectivity index (χ0n) is 20.2. The van der Waals surface area contributed by atoms with Gasteiger partial charge in [0, 0.05) is 55.5 Å². The summed E-state index contributed by atoms with van der Waals surface area (Å²) in [6, 6.07) is 13.9. The van der Waals surface area contributed by atoms with Crippen molar-refractivity contribution in [3.8, 4) is 17.8 Å². The number of nitrogens with one attached hydrogen (secondary N) is 1. The van der Waals surface area contributed by atoms with Crippen molar-refractivity contribution >= 4 is 22.5 Å². The van der Waals surface area contributed by atoms with Crippen LogP contribution in [0.5, 0.6) is 11.8 Å². The lowest BCUT2D eigenvalue weighted by Crippen LogP contribution is -2.47. The second kappa shape index (κ2) is 10.6. The largest absolute Gasteiger partial charge is 0.424 e. The van der Waals surface area contributed by atoms with Crippen LogP contribution in [0.3, 0.4) is 0 Å². The molecule has 5 rings (SSSR count). The number of carbonyl (C=O) groups is 1. The van der Waals surface area contributed by atoms with Gasteiger partial charge < -0.3 is 20.4 Å². The lowest BCUT2D eigenvalue weighted by atomic mass is 10.1. The van der Waals surface area contributed by atoms with E-state index in [9.17, 15) is 14.4 Å². The average molecular weight is 500 g/mol. The minimum Gasteiger partial charge on any atom is -0.424 e. The summed E-state index contributed by atoms with van der Waals surface area (Å²) in [4.78, 5) is 26.8. The highest BCUT2D eigenvalue weighted by molar-refractivity contribution is 5.90. The van der Waals surface area contributed by atoms with E-state index < -0.39 is 11.7 Å². The van der Waals surface area contributed by atoms with Crippen LogP contribution in [0, 0.1) is 17.1 Å². The van der Waals surface area contributed by atoms with Crippen LogP contribution in [0.25, 0.3) is 10.9 Å². The number of anilines is 1. The maximum absolute atomic E-state index is 14.9. The van der Waals surface area contributed by atoms with Crippen LogP contribution in [0.15, 0.2) is 54.9 Å². The van der Waals surface area contributed by atoms with Crippen LogP contribution >= 0.6 is 0 Å². The first-order chi connectivity index (χ1) is 18.0. The molecule has 37 heavy (non-hydrogen) atoms. The van der Waals surface area contributed by atoms with Gasteiger partial charge in [0.05, 0.1) is 17.3 Å². The van der Waals surface area contributed by atoms with E-state index in [2.05, 4.69) is 25.9 Å². The number of rotatable bonds is 8. The van der Waals surface area contributed by atoms with Crippen LogP contribution in [-0.2, 0) is 6.42 Å². The highest BCUT2D eigenvalue weighted by Crippen LogP contribution is 2.27. The summed E-state index contributed by atoms with van der Waals surface area (Å²) in [5.41, 5.74) is 8.71. The zero-order valence-corrected chi connectivity index (χ0v) is 20.2. The molecule has 3 heterocycles. The summed E-state index contributed by atoms with van der Waals surface area (Å²) in [6.45, 7) is 4.09. The Balaban J connectivity index is 1.13. The summed E-state index contributed by atoms with van der Waals surface area (Å²) >= 11 is 0. The monoisotopic (exact) mass is 499 g/mol. The quantitative estimate of drug-likeness (QED) is 0.379. The standard InChI is InChI=1S/C27H26FN7O2/c28-22-15-20(37-27-31-8-7-24(33-27)26(30)36)4-6-25(22)35-12-10-34(11-13-35)9-1-2-19-17-32-23-5-3-18(16-29)14-21(19)23/h3-8,14-15,17,32H,1-2,9-13H2,(H2,30,36). The van der Waals surface area contributed by atoms with E-state index in [1.54, 1.807) is 12.1 Å². The lowest BCUT2D eigenvalue weighted by Gasteiger charge is -2.36. The number of nitrogens with two attached hydrogens (primary N) is 1. The summed E-state index contributed by atoms with van der Waals surface area (Å²) in [5.74, 6) is -0.853. The summed E-state index contributed by atoms with van der Waals surface area (Å²) in [6.07, 6.45) is 5.32. The van der Waals surface area contributed by atoms with Gasteiger partial charge in [-0.25, -0.2) is 9.37 Å². The van der Waals surface area contributed by atoms with Gasteiger partial charge in [-0.1, -0.05) is 0 Å². The molecular formula is C27H26FN7O2. The van der Waals surface area contributed by atoms with E-state index in [-0.39, 0.29) is 17.5 Å². The number of carbonyl (C=O) groups excluding carboxylic acids is 1. The molecule has 3 N–H and O–H groups in total. The van der Waals surface area contributed by atoms with Crippen molar-refractivity contribution in [1.82, 2.24) is 19.9 Å². The molecule has 4 aromatic rings. The van der Waals surface area contributed by atoms with Crippen LogP contribution in [0.1, 0.15) is 28.0 Å². The number of H-pyrrole nitrogens is 1. The van der Waals surface area contributed by atoms with Crippen molar-refractivity contribution in [2.24, 2.45) is 5.73 Å². The summed E-state index contributed by atoms with van der Waals surface area (Å²) in [5, 5.41) is 10.3. The number of aromatic amines is 1. The number of nitrogens with zero attached hydrogens (tertiary/aromatic N) is 5. The topological polar surface area (TPSA) is 124 Å². The molecule has 0 atom stereocenters. The second-order valence-corrected chi connectivity index (χ2v) is 8.92. The maximum atomic E-state index is 14.9. The lowest BCUT2D eigenvalue weighted by molar-refractivity contribution is 0.0994. The van der Waals surface area contributed by atoms with Crippen LogP contribution < -0.4 is 15.4 Å². The van der Waals surface area contributed by atoms with Gasteiger partial charge in [-0.2, -0.15) is 10.2 Å². The number of piperazine rings is 1. The molecule has 9 nitrogen and oxygen atoms in total. The molecule has 10 heteroatoms. The number of amides is 1. The highest BCUT2D eigenvalue weighted by atomic mass is 19.1. The Morgan fingerprint density at radius 1 is 1.16 bits per heavy atom. The SMILES string of the molecule is N#Cc1ccc2[nH]cc(CCCN3CCN(c4ccc(Oc5nccc(C(N)=O)n5)cc4F)CC3)c2c1. The van der Waals surface area contributed by atoms with Gasteiger partial charge >= 0.3 is 6.01 Å². The van der Waals surface area contributed by atoms with Gasteiger partial charge in [-0.3, -0.25) is 9.69 Å². The van der Waals surface area contributed by atoms with Crippen molar-refractivity contribution in [2.75, 3.05) is 37.6 Å². The second-order valence-electron chi connectivity index (χ2n) is 8.92. The molecule has 2 aromatic carbocycles. The zero-order chi connectivity index (χ0) is 25.8. The van der Waals surface area contributed by atoms with Crippen LogP contribution in [0.4, 0.5) is 10.1 Å². The fraction of sp³-hybridized carbons (Fsp3) is 0.259. The molecule has 0 spiro atoms. The Hall–Kier alpha value is -4.49. The maximum Gasteiger partial charge on any atom is 0.322 e. The van der Waals surface area contributed by atoms with Gasteiger partial charge in [-0.05, 0) is 61.3 Å². The van der Waals surface area contributed by atoms with E-state index >= 15 is 0 Å². The first-order valence-electron chi connectivity index (χ1n) is 12.1. The normalized spacial score (nSPS) is 14.0. The van der Waals surface area contributed by atoms with Gasteiger partial charge in [0.2, 0.25) is 0 Å². The number of hydrogen-bond acceptors (Lipinski definition) is 7. The van der Waals surface area contributed by atoms with Crippen molar-refractivity contribution in [2.45, 2.75) is 12.8 Å². The van der Waals surface area contributed by atoms with E-state index in [1.807, 2.05) is 29.3 Å². The molecule has 0 bridgehead atoms. The molecule has 1 fully saturated rings. The molecule has 1 aliphatic heterocycles. The number of aryl methyl sites for hydroxylation is 1. The molecule has 2 aromatic heterocycles. The fourth-order valence-electron chi connectivity index (χ4n) is 4.60. The van der Waals surface area contributed by atoms with Gasteiger partial charge in [0.1, 0.15) is 17.3 Å². The molecule has 1 amide bonds. The third-order valence-electron chi connectivity index (χ3n) is 6.54. The molecule has 188 valence electrons. The summed E-state index contributed by atoms with van der Waals surface area (Å²) < 4.78 is 20.4. The number of nitriles is 1. The predicted octanol–water partition coefficient (Wildman–Crippen LogP) is 3.61. The Morgan fingerprint density at radius 3 is 2.76 bits per heavy atom. The summed E-state index contributed by atoms with van der Waals surface area (Å²) in [7, 11) is 0. The van der Waals surface area contributed by atoms with Gasteiger partial charge in [0.15, 0.2) is 0 Å². The molecule has 0 unspecified atom stereocenters. The van der Waals surface area contributed by atoms with Crippen molar-refractivity contribution in [1.29, 1.82) is 5.26 Å². The third kappa shape index (κ3) is 5.52. The van der Waals surface area contributed by atoms with E-state index in [4.69, 9.17) is 10.5 Å². The highest BCUT2D eigenvalue weighted by Gasteiger charge is 2.20. The number of benzene rings is 2. The number of primary amides is 1. The molecular weight excluding hydrogens is 473 g/mol. The minimum atomic E-state index is -0.694. The number of halogens is 1. The number of fused-ring (bicyclic) bond motifs is 1. The van der Waals surface area contributed by atoms with Crippen LogP contribution in [0.2, 0.25) is 0 Å². The van der Waals surface area contributed by atoms with Gasteiger partial charge in [-0.15, -0.1) is 0 Å². The number of hydrogen-bond donors (Lipinski definition) is 2. The Kier molecular flexibility index (Phi) is 6.96. The van der Waals surface area contributed by atoms with Gasteiger partial charge in [0.25, 0.3) is 5.91 Å². The van der Waals surface area contributed by atoms with Crippen molar-refractivity contribution < 1.29 is 13.9 Å². The van der Waals surface area contributed by atoms with Crippen molar-refractivity contribution in [3.63, 3.8) is 0 Å². The fourth-order valence-corrected chi connectivity index (χ4v) is 4.60.